The maximum absolute atomic E-state index is 12.8. The molecule has 6 heteroatoms. The maximum atomic E-state index is 12.8. The van der Waals surface area contributed by atoms with E-state index in [0.717, 1.165) is 53.0 Å². The number of aliphatic hydroxyl groups excluding tert-OH is 1. The first-order valence-corrected chi connectivity index (χ1v) is 10.4. The third-order valence-corrected chi connectivity index (χ3v) is 5.31. The lowest BCUT2D eigenvalue weighted by Gasteiger charge is -2.12. The summed E-state index contributed by atoms with van der Waals surface area (Å²) in [6.45, 7) is 1.05. The molecule has 0 spiro atoms. The molecule has 31 heavy (non-hydrogen) atoms. The number of carbonyl (C=O) groups excluding carboxylic acids is 1. The van der Waals surface area contributed by atoms with Gasteiger partial charge in [-0.1, -0.05) is 36.3 Å². The zero-order chi connectivity index (χ0) is 21.6. The first-order valence-electron chi connectivity index (χ1n) is 10.4. The fraction of sp³-hybridized carbons (Fsp3) is 0.240. The van der Waals surface area contributed by atoms with Crippen LogP contribution >= 0.6 is 0 Å². The minimum absolute atomic E-state index is 0.172. The van der Waals surface area contributed by atoms with Crippen LogP contribution in [0.3, 0.4) is 0 Å². The van der Waals surface area contributed by atoms with E-state index < -0.39 is 0 Å². The summed E-state index contributed by atoms with van der Waals surface area (Å²) in [5.74, 6) is 2.48. The fourth-order valence-electron chi connectivity index (χ4n) is 3.73. The molecule has 3 aromatic rings. The van der Waals surface area contributed by atoms with Gasteiger partial charge in [-0.15, -0.1) is 6.42 Å². The normalized spacial score (nSPS) is 12.2. The van der Waals surface area contributed by atoms with Gasteiger partial charge in [0.2, 0.25) is 0 Å². The standard InChI is InChI=1S/C25H24N4O2/c1-2-18-11-12-21-20(15-18)23(19-9-5-3-6-10-19)27-16-22-24(28-17-29(21)22)25(31)26-13-7-4-8-14-30/h1,3,5-6,9-12,15,17,30H,4,7-8,13-14,16H2,(H,26,31). The number of carbonyl (C=O) groups is 1. The molecule has 0 atom stereocenters. The number of rotatable bonds is 7. The molecule has 1 aromatic heterocycles. The molecule has 0 saturated carbocycles. The molecule has 0 fully saturated rings. The molecule has 2 N–H and O–H groups in total. The van der Waals surface area contributed by atoms with E-state index in [2.05, 4.69) is 16.2 Å². The largest absolute Gasteiger partial charge is 0.396 e. The van der Waals surface area contributed by atoms with Crippen LogP contribution < -0.4 is 5.32 Å². The van der Waals surface area contributed by atoms with Crippen LogP contribution in [0.4, 0.5) is 0 Å². The van der Waals surface area contributed by atoms with Crippen LogP contribution in [0.1, 0.15) is 52.1 Å². The van der Waals surface area contributed by atoms with Crippen LogP contribution in [0.25, 0.3) is 5.69 Å². The number of amides is 1. The molecule has 2 aromatic carbocycles. The second-order valence-electron chi connectivity index (χ2n) is 7.36. The Morgan fingerprint density at radius 1 is 1.16 bits per heavy atom. The van der Waals surface area contributed by atoms with E-state index in [1.807, 2.05) is 53.1 Å². The van der Waals surface area contributed by atoms with Crippen molar-refractivity contribution < 1.29 is 9.90 Å². The molecular weight excluding hydrogens is 388 g/mol. The minimum atomic E-state index is -0.210. The quantitative estimate of drug-likeness (QED) is 0.462. The number of nitrogens with one attached hydrogen (secondary N) is 1. The van der Waals surface area contributed by atoms with E-state index in [1.165, 1.54) is 0 Å². The summed E-state index contributed by atoms with van der Waals surface area (Å²) in [6, 6.07) is 15.8. The average Bonchev–Trinajstić information content (AvgIpc) is 3.16. The number of fused-ring (bicyclic) bond motifs is 3. The van der Waals surface area contributed by atoms with Crippen molar-refractivity contribution in [3.05, 3.63) is 82.9 Å². The monoisotopic (exact) mass is 412 g/mol. The van der Waals surface area contributed by atoms with Crippen molar-refractivity contribution in [2.75, 3.05) is 13.2 Å². The highest BCUT2D eigenvalue weighted by Gasteiger charge is 2.24. The van der Waals surface area contributed by atoms with Gasteiger partial charge in [0.05, 0.1) is 23.6 Å². The van der Waals surface area contributed by atoms with Gasteiger partial charge in [-0.25, -0.2) is 4.98 Å². The van der Waals surface area contributed by atoms with Crippen molar-refractivity contribution in [1.29, 1.82) is 0 Å². The summed E-state index contributed by atoms with van der Waals surface area (Å²) in [4.78, 5) is 22.0. The highest BCUT2D eigenvalue weighted by Crippen LogP contribution is 2.27. The summed E-state index contributed by atoms with van der Waals surface area (Å²) in [6.07, 6.45) is 9.74. The van der Waals surface area contributed by atoms with E-state index in [9.17, 15) is 4.79 Å². The Balaban J connectivity index is 1.70. The topological polar surface area (TPSA) is 79.5 Å². The third kappa shape index (κ3) is 4.27. The van der Waals surface area contributed by atoms with Crippen LogP contribution in [-0.4, -0.2) is 39.4 Å². The van der Waals surface area contributed by atoms with Crippen molar-refractivity contribution >= 4 is 11.6 Å². The molecule has 2 heterocycles. The molecule has 0 saturated heterocycles. The molecule has 0 aliphatic carbocycles. The minimum Gasteiger partial charge on any atom is -0.396 e. The number of hydrogen-bond acceptors (Lipinski definition) is 4. The van der Waals surface area contributed by atoms with E-state index in [0.29, 0.717) is 18.8 Å². The van der Waals surface area contributed by atoms with Gasteiger partial charge >= 0.3 is 0 Å². The molecule has 1 aliphatic rings. The molecular formula is C25H24N4O2. The number of benzene rings is 2. The molecule has 0 unspecified atom stereocenters. The van der Waals surface area contributed by atoms with Crippen molar-refractivity contribution in [2.45, 2.75) is 25.8 Å². The van der Waals surface area contributed by atoms with Crippen molar-refractivity contribution in [3.63, 3.8) is 0 Å². The second kappa shape index (κ2) is 9.41. The smallest absolute Gasteiger partial charge is 0.271 e. The van der Waals surface area contributed by atoms with Gasteiger partial charge in [0, 0.05) is 29.8 Å². The number of terminal acetylenes is 1. The number of imidazole rings is 1. The van der Waals surface area contributed by atoms with Gasteiger partial charge in [0.15, 0.2) is 5.69 Å². The number of aromatic nitrogens is 2. The number of aliphatic hydroxyl groups is 1. The van der Waals surface area contributed by atoms with E-state index in [-0.39, 0.29) is 12.5 Å². The summed E-state index contributed by atoms with van der Waals surface area (Å²) < 4.78 is 1.93. The highest BCUT2D eigenvalue weighted by molar-refractivity contribution is 6.15. The van der Waals surface area contributed by atoms with Crippen LogP contribution in [0.5, 0.6) is 0 Å². The van der Waals surface area contributed by atoms with Gasteiger partial charge < -0.3 is 10.4 Å². The molecule has 4 rings (SSSR count). The van der Waals surface area contributed by atoms with Crippen molar-refractivity contribution in [1.82, 2.24) is 14.9 Å². The first kappa shape index (κ1) is 20.6. The van der Waals surface area contributed by atoms with E-state index in [1.54, 1.807) is 6.33 Å². The zero-order valence-corrected chi connectivity index (χ0v) is 17.2. The zero-order valence-electron chi connectivity index (χ0n) is 17.2. The fourth-order valence-corrected chi connectivity index (χ4v) is 3.73. The summed E-state index contributed by atoms with van der Waals surface area (Å²) in [5.41, 5.74) is 5.53. The lowest BCUT2D eigenvalue weighted by molar-refractivity contribution is 0.0947. The summed E-state index contributed by atoms with van der Waals surface area (Å²) >= 11 is 0. The molecule has 0 bridgehead atoms. The van der Waals surface area contributed by atoms with Crippen LogP contribution in [0.2, 0.25) is 0 Å². The number of unbranched alkanes of at least 4 members (excludes halogenated alkanes) is 2. The molecule has 0 radical (unpaired) electrons. The van der Waals surface area contributed by atoms with E-state index in [4.69, 9.17) is 16.5 Å². The van der Waals surface area contributed by atoms with Crippen LogP contribution in [-0.2, 0) is 6.54 Å². The van der Waals surface area contributed by atoms with Gasteiger partial charge in [-0.2, -0.15) is 0 Å². The van der Waals surface area contributed by atoms with Gasteiger partial charge in [-0.3, -0.25) is 14.4 Å². The highest BCUT2D eigenvalue weighted by atomic mass is 16.2. The number of hydrogen-bond donors (Lipinski definition) is 2. The Morgan fingerprint density at radius 2 is 2.00 bits per heavy atom. The van der Waals surface area contributed by atoms with Gasteiger partial charge in [0.1, 0.15) is 6.33 Å². The third-order valence-electron chi connectivity index (χ3n) is 5.31. The number of aliphatic imine (C=N–C) groups is 1. The first-order chi connectivity index (χ1) is 15.2. The molecule has 156 valence electrons. The SMILES string of the molecule is C#Cc1ccc2c(c1)C(c1ccccc1)=NCc1c(C(=O)NCCCCCO)ncn1-2. The van der Waals surface area contributed by atoms with Crippen LogP contribution in [0, 0.1) is 12.3 Å². The molecule has 6 nitrogen and oxygen atoms in total. The Bertz CT molecular complexity index is 1160. The summed E-state index contributed by atoms with van der Waals surface area (Å²) in [5, 5.41) is 11.8. The Labute approximate surface area is 181 Å². The average molecular weight is 412 g/mol. The Morgan fingerprint density at radius 3 is 2.77 bits per heavy atom. The van der Waals surface area contributed by atoms with Gasteiger partial charge in [0.25, 0.3) is 5.91 Å². The lowest BCUT2D eigenvalue weighted by atomic mass is 9.98. The van der Waals surface area contributed by atoms with Crippen molar-refractivity contribution in [3.8, 4) is 18.0 Å². The number of nitrogens with zero attached hydrogens (tertiary/aromatic N) is 3. The Kier molecular flexibility index (Phi) is 6.25. The maximum Gasteiger partial charge on any atom is 0.271 e. The lowest BCUT2D eigenvalue weighted by Crippen LogP contribution is -2.26. The second-order valence-corrected chi connectivity index (χ2v) is 7.36. The van der Waals surface area contributed by atoms with Gasteiger partial charge in [-0.05, 0) is 37.5 Å². The van der Waals surface area contributed by atoms with Crippen LogP contribution in [0.15, 0.2) is 59.9 Å². The van der Waals surface area contributed by atoms with Crippen molar-refractivity contribution in [2.24, 2.45) is 4.99 Å². The molecule has 1 aliphatic heterocycles. The van der Waals surface area contributed by atoms with E-state index >= 15 is 0 Å². The molecule has 1 amide bonds. The predicted molar refractivity (Wildman–Crippen MR) is 121 cm³/mol. The summed E-state index contributed by atoms with van der Waals surface area (Å²) in [7, 11) is 0. The Hall–Kier alpha value is -3.69. The predicted octanol–water partition coefficient (Wildman–Crippen LogP) is 3.10.